The minimum absolute atomic E-state index is 0.141. The summed E-state index contributed by atoms with van der Waals surface area (Å²) in [5.41, 5.74) is 2.60. The van der Waals surface area contributed by atoms with E-state index in [0.29, 0.717) is 22.3 Å². The Labute approximate surface area is 164 Å². The molecular formula is C19H15ClFN3O2S. The van der Waals surface area contributed by atoms with Crippen molar-refractivity contribution in [3.8, 4) is 11.4 Å². The second kappa shape index (κ2) is 7.62. The molecule has 4 rings (SSSR count). The highest BCUT2D eigenvalue weighted by molar-refractivity contribution is 7.98. The number of ether oxygens (including phenoxy) is 1. The van der Waals surface area contributed by atoms with Crippen LogP contribution < -0.4 is 10.1 Å². The summed E-state index contributed by atoms with van der Waals surface area (Å²) in [4.78, 5) is 12.4. The van der Waals surface area contributed by atoms with E-state index in [-0.39, 0.29) is 18.3 Å². The van der Waals surface area contributed by atoms with Crippen molar-refractivity contribution in [2.24, 2.45) is 0 Å². The fourth-order valence-electron chi connectivity index (χ4n) is 2.76. The van der Waals surface area contributed by atoms with E-state index in [9.17, 15) is 9.18 Å². The first-order chi connectivity index (χ1) is 13.1. The van der Waals surface area contributed by atoms with Gasteiger partial charge in [0.15, 0.2) is 6.61 Å². The lowest BCUT2D eigenvalue weighted by molar-refractivity contribution is -0.118. The number of fused-ring (bicyclic) bond motifs is 1. The molecule has 0 saturated heterocycles. The lowest BCUT2D eigenvalue weighted by Crippen LogP contribution is -2.22. The Kier molecular flexibility index (Phi) is 5.05. The predicted octanol–water partition coefficient (Wildman–Crippen LogP) is 4.43. The molecule has 1 aromatic heterocycles. The molecular weight excluding hydrogens is 389 g/mol. The number of hydrogen-bond donors (Lipinski definition) is 1. The van der Waals surface area contributed by atoms with Gasteiger partial charge in [-0.05, 0) is 48.5 Å². The van der Waals surface area contributed by atoms with Crippen molar-refractivity contribution in [2.45, 2.75) is 11.5 Å². The number of aromatic nitrogens is 2. The highest BCUT2D eigenvalue weighted by Gasteiger charge is 2.24. The van der Waals surface area contributed by atoms with Gasteiger partial charge in [0.05, 0.1) is 11.4 Å². The van der Waals surface area contributed by atoms with E-state index < -0.39 is 0 Å². The molecule has 5 nitrogen and oxygen atoms in total. The molecule has 0 unspecified atom stereocenters. The summed E-state index contributed by atoms with van der Waals surface area (Å²) < 4.78 is 20.4. The Morgan fingerprint density at radius 3 is 2.67 bits per heavy atom. The van der Waals surface area contributed by atoms with Crippen molar-refractivity contribution < 1.29 is 13.9 Å². The molecule has 0 atom stereocenters. The van der Waals surface area contributed by atoms with Crippen LogP contribution in [0.1, 0.15) is 11.3 Å². The molecule has 0 spiro atoms. The topological polar surface area (TPSA) is 56.1 Å². The highest BCUT2D eigenvalue weighted by atomic mass is 35.5. The van der Waals surface area contributed by atoms with Crippen molar-refractivity contribution in [3.63, 3.8) is 0 Å². The van der Waals surface area contributed by atoms with E-state index in [4.69, 9.17) is 16.3 Å². The van der Waals surface area contributed by atoms with Crippen molar-refractivity contribution in [1.29, 1.82) is 0 Å². The molecule has 1 N–H and O–H groups in total. The number of nitrogens with one attached hydrogen (secondary N) is 1. The third-order valence-electron chi connectivity index (χ3n) is 4.06. The van der Waals surface area contributed by atoms with Crippen molar-refractivity contribution >= 4 is 35.1 Å². The van der Waals surface area contributed by atoms with Crippen molar-refractivity contribution in [3.05, 3.63) is 70.6 Å². The van der Waals surface area contributed by atoms with Gasteiger partial charge in [0, 0.05) is 22.1 Å². The normalized spacial score (nSPS) is 12.7. The first-order valence-corrected chi connectivity index (χ1v) is 9.76. The van der Waals surface area contributed by atoms with Crippen LogP contribution in [0.5, 0.6) is 5.75 Å². The molecule has 138 valence electrons. The molecule has 0 saturated carbocycles. The number of carbonyl (C=O) groups is 1. The SMILES string of the molecule is O=C(COc1ccc(Cl)cc1)Nc1c2c(nn1-c1ccc(F)cc1)CSC2. The fourth-order valence-corrected chi connectivity index (χ4v) is 3.92. The maximum atomic E-state index is 13.2. The van der Waals surface area contributed by atoms with E-state index in [1.54, 1.807) is 52.8 Å². The zero-order valence-corrected chi connectivity index (χ0v) is 15.7. The Hall–Kier alpha value is -2.51. The molecule has 27 heavy (non-hydrogen) atoms. The third kappa shape index (κ3) is 3.94. The van der Waals surface area contributed by atoms with Gasteiger partial charge < -0.3 is 10.1 Å². The number of hydrogen-bond acceptors (Lipinski definition) is 4. The fraction of sp³-hybridized carbons (Fsp3) is 0.158. The monoisotopic (exact) mass is 403 g/mol. The van der Waals surface area contributed by atoms with Crippen molar-refractivity contribution in [1.82, 2.24) is 9.78 Å². The lowest BCUT2D eigenvalue weighted by Gasteiger charge is -2.12. The number of nitrogens with zero attached hydrogens (tertiary/aromatic N) is 2. The lowest BCUT2D eigenvalue weighted by atomic mass is 10.2. The first kappa shape index (κ1) is 17.9. The predicted molar refractivity (Wildman–Crippen MR) is 104 cm³/mol. The minimum atomic E-state index is -0.323. The standard InChI is InChI=1S/C19H15ClFN3O2S/c20-12-1-7-15(8-2-12)26-9-18(25)22-19-16-10-27-11-17(16)23-24(19)14-5-3-13(21)4-6-14/h1-8H,9-11H2,(H,22,25). The Balaban J connectivity index is 1.53. The summed E-state index contributed by atoms with van der Waals surface area (Å²) in [5.74, 6) is 2.09. The first-order valence-electron chi connectivity index (χ1n) is 8.23. The van der Waals surface area contributed by atoms with Crippen LogP contribution >= 0.6 is 23.4 Å². The van der Waals surface area contributed by atoms with Gasteiger partial charge in [-0.25, -0.2) is 9.07 Å². The summed E-state index contributed by atoms with van der Waals surface area (Å²) in [6.45, 7) is -0.141. The summed E-state index contributed by atoms with van der Waals surface area (Å²) >= 11 is 7.58. The van der Waals surface area contributed by atoms with E-state index in [1.165, 1.54) is 12.1 Å². The zero-order chi connectivity index (χ0) is 18.8. The van der Waals surface area contributed by atoms with Gasteiger partial charge in [0.2, 0.25) is 0 Å². The number of anilines is 1. The van der Waals surface area contributed by atoms with Gasteiger partial charge in [-0.15, -0.1) is 0 Å². The van der Waals surface area contributed by atoms with Crippen molar-refractivity contribution in [2.75, 3.05) is 11.9 Å². The van der Waals surface area contributed by atoms with Gasteiger partial charge in [-0.2, -0.15) is 16.9 Å². The van der Waals surface area contributed by atoms with E-state index in [1.807, 2.05) is 0 Å². The van der Waals surface area contributed by atoms with Gasteiger partial charge in [-0.1, -0.05) is 11.6 Å². The van der Waals surface area contributed by atoms with Crippen LogP contribution in [0.15, 0.2) is 48.5 Å². The molecule has 0 fully saturated rings. The smallest absolute Gasteiger partial charge is 0.263 e. The van der Waals surface area contributed by atoms with Crippen LogP contribution in [-0.4, -0.2) is 22.3 Å². The maximum absolute atomic E-state index is 13.2. The summed E-state index contributed by atoms with van der Waals surface area (Å²) in [5, 5.41) is 8.06. The molecule has 0 bridgehead atoms. The van der Waals surface area contributed by atoms with Gasteiger partial charge >= 0.3 is 0 Å². The molecule has 8 heteroatoms. The molecule has 0 radical (unpaired) electrons. The zero-order valence-electron chi connectivity index (χ0n) is 14.1. The van der Waals surface area contributed by atoms with Crippen LogP contribution in [0, 0.1) is 5.82 Å². The quantitative estimate of drug-likeness (QED) is 0.684. The summed E-state index contributed by atoms with van der Waals surface area (Å²) in [6, 6.07) is 12.8. The number of benzene rings is 2. The molecule has 0 aliphatic carbocycles. The van der Waals surface area contributed by atoms with Gasteiger partial charge in [-0.3, -0.25) is 4.79 Å². The van der Waals surface area contributed by atoms with E-state index in [0.717, 1.165) is 22.8 Å². The number of thioether (sulfide) groups is 1. The van der Waals surface area contributed by atoms with Gasteiger partial charge in [0.25, 0.3) is 5.91 Å². The van der Waals surface area contributed by atoms with Crippen LogP contribution in [-0.2, 0) is 16.3 Å². The summed E-state index contributed by atoms with van der Waals surface area (Å²) in [6.07, 6.45) is 0. The Morgan fingerprint density at radius 1 is 1.19 bits per heavy atom. The number of halogens is 2. The molecule has 2 heterocycles. The van der Waals surface area contributed by atoms with Crippen LogP contribution in [0.4, 0.5) is 10.2 Å². The molecule has 3 aromatic rings. The Morgan fingerprint density at radius 2 is 1.93 bits per heavy atom. The van der Waals surface area contributed by atoms with Crippen LogP contribution in [0.25, 0.3) is 5.69 Å². The maximum Gasteiger partial charge on any atom is 0.263 e. The molecule has 2 aromatic carbocycles. The highest BCUT2D eigenvalue weighted by Crippen LogP contribution is 2.36. The average Bonchev–Trinajstić information content (AvgIpc) is 3.25. The van der Waals surface area contributed by atoms with Gasteiger partial charge in [0.1, 0.15) is 17.4 Å². The average molecular weight is 404 g/mol. The second-order valence-corrected chi connectivity index (χ2v) is 7.37. The second-order valence-electron chi connectivity index (χ2n) is 5.95. The number of carbonyl (C=O) groups excluding carboxylic acids is 1. The minimum Gasteiger partial charge on any atom is -0.484 e. The van der Waals surface area contributed by atoms with Crippen LogP contribution in [0.2, 0.25) is 5.02 Å². The number of rotatable bonds is 5. The Bertz CT molecular complexity index is 974. The van der Waals surface area contributed by atoms with E-state index in [2.05, 4.69) is 10.4 Å². The summed E-state index contributed by atoms with van der Waals surface area (Å²) in [7, 11) is 0. The molecule has 1 aliphatic heterocycles. The van der Waals surface area contributed by atoms with Crippen LogP contribution in [0.3, 0.4) is 0 Å². The van der Waals surface area contributed by atoms with E-state index >= 15 is 0 Å². The molecule has 1 aliphatic rings. The largest absolute Gasteiger partial charge is 0.484 e. The number of amides is 1. The third-order valence-corrected chi connectivity index (χ3v) is 5.29. The molecule has 1 amide bonds.